The predicted molar refractivity (Wildman–Crippen MR) is 123 cm³/mol. The van der Waals surface area contributed by atoms with Gasteiger partial charge in [-0.2, -0.15) is 0 Å². The SMILES string of the molecule is CC[C@H]1CN2CC[C@@H]1C[C@H]2[C@H](O)c1cc(N2CCC(O)CC2)nc2ccc(OC)cc12. The zero-order chi connectivity index (χ0) is 21.5. The summed E-state index contributed by atoms with van der Waals surface area (Å²) in [4.78, 5) is 9.68. The molecule has 0 radical (unpaired) electrons. The number of aromatic nitrogens is 1. The summed E-state index contributed by atoms with van der Waals surface area (Å²) in [7, 11) is 1.68. The second kappa shape index (κ2) is 8.57. The van der Waals surface area contributed by atoms with E-state index < -0.39 is 6.10 Å². The first-order valence-corrected chi connectivity index (χ1v) is 11.9. The van der Waals surface area contributed by atoms with Gasteiger partial charge in [-0.1, -0.05) is 13.3 Å². The van der Waals surface area contributed by atoms with E-state index in [1.807, 2.05) is 18.2 Å². The summed E-state index contributed by atoms with van der Waals surface area (Å²) in [5.41, 5.74) is 1.84. The van der Waals surface area contributed by atoms with Gasteiger partial charge in [0, 0.05) is 31.1 Å². The van der Waals surface area contributed by atoms with Crippen LogP contribution in [0.1, 0.15) is 50.7 Å². The Kier molecular flexibility index (Phi) is 5.80. The smallest absolute Gasteiger partial charge is 0.129 e. The minimum absolute atomic E-state index is 0.161. The van der Waals surface area contributed by atoms with Crippen molar-refractivity contribution in [3.05, 3.63) is 29.8 Å². The summed E-state index contributed by atoms with van der Waals surface area (Å²) in [5, 5.41) is 22.6. The normalized spacial score (nSPS) is 30.0. The van der Waals surface area contributed by atoms with Crippen molar-refractivity contribution in [2.45, 2.75) is 57.3 Å². The Hall–Kier alpha value is -1.89. The maximum absolute atomic E-state index is 11.7. The summed E-state index contributed by atoms with van der Waals surface area (Å²) in [5.74, 6) is 3.18. The first kappa shape index (κ1) is 21.0. The Morgan fingerprint density at radius 3 is 2.65 bits per heavy atom. The number of hydrogen-bond acceptors (Lipinski definition) is 6. The van der Waals surface area contributed by atoms with E-state index in [9.17, 15) is 10.2 Å². The highest BCUT2D eigenvalue weighted by Gasteiger charge is 2.42. The van der Waals surface area contributed by atoms with Gasteiger partial charge in [0.1, 0.15) is 11.6 Å². The quantitative estimate of drug-likeness (QED) is 0.766. The highest BCUT2D eigenvalue weighted by Crippen LogP contribution is 2.43. The third-order valence-electron chi connectivity index (χ3n) is 7.97. The van der Waals surface area contributed by atoms with E-state index in [-0.39, 0.29) is 12.1 Å². The lowest BCUT2D eigenvalue weighted by Crippen LogP contribution is -2.55. The van der Waals surface area contributed by atoms with E-state index in [0.717, 1.165) is 85.3 Å². The van der Waals surface area contributed by atoms with Gasteiger partial charge in [-0.25, -0.2) is 4.98 Å². The van der Waals surface area contributed by atoms with Gasteiger partial charge >= 0.3 is 0 Å². The van der Waals surface area contributed by atoms with E-state index >= 15 is 0 Å². The number of aliphatic hydroxyl groups is 2. The first-order valence-electron chi connectivity index (χ1n) is 11.9. The Morgan fingerprint density at radius 2 is 1.97 bits per heavy atom. The zero-order valence-corrected chi connectivity index (χ0v) is 18.7. The minimum Gasteiger partial charge on any atom is -0.497 e. The van der Waals surface area contributed by atoms with Crippen molar-refractivity contribution in [2.24, 2.45) is 11.8 Å². The summed E-state index contributed by atoms with van der Waals surface area (Å²) in [6.07, 6.45) is 4.31. The van der Waals surface area contributed by atoms with Gasteiger partial charge in [0.15, 0.2) is 0 Å². The van der Waals surface area contributed by atoms with Crippen LogP contribution in [0.4, 0.5) is 5.82 Å². The Morgan fingerprint density at radius 1 is 1.16 bits per heavy atom. The molecule has 4 saturated heterocycles. The molecule has 1 aromatic heterocycles. The number of fused-ring (bicyclic) bond motifs is 4. The number of anilines is 1. The third-order valence-corrected chi connectivity index (χ3v) is 7.97. The molecule has 0 spiro atoms. The van der Waals surface area contributed by atoms with Crippen LogP contribution in [-0.4, -0.2) is 65.5 Å². The van der Waals surface area contributed by atoms with Crippen LogP contribution in [-0.2, 0) is 0 Å². The fourth-order valence-electron chi connectivity index (χ4n) is 6.02. The van der Waals surface area contributed by atoms with Crippen LogP contribution in [0.25, 0.3) is 10.9 Å². The number of rotatable bonds is 5. The fourth-order valence-corrected chi connectivity index (χ4v) is 6.02. The summed E-state index contributed by atoms with van der Waals surface area (Å²) in [6.45, 7) is 6.07. The van der Waals surface area contributed by atoms with Gasteiger partial charge in [0.2, 0.25) is 0 Å². The molecule has 4 aliphatic heterocycles. The van der Waals surface area contributed by atoms with Gasteiger partial charge in [-0.3, -0.25) is 4.90 Å². The molecule has 2 N–H and O–H groups in total. The summed E-state index contributed by atoms with van der Waals surface area (Å²) < 4.78 is 5.48. The third kappa shape index (κ3) is 3.90. The molecular weight excluding hydrogens is 390 g/mol. The van der Waals surface area contributed by atoms with Gasteiger partial charge in [0.25, 0.3) is 0 Å². The van der Waals surface area contributed by atoms with Gasteiger partial charge in [0.05, 0.1) is 24.8 Å². The number of benzene rings is 1. The average Bonchev–Trinajstić information content (AvgIpc) is 2.83. The number of piperidine rings is 4. The second-order valence-corrected chi connectivity index (χ2v) is 9.63. The Bertz CT molecular complexity index is 928. The molecule has 0 saturated carbocycles. The lowest BCUT2D eigenvalue weighted by atomic mass is 9.72. The molecule has 5 heterocycles. The number of nitrogens with zero attached hydrogens (tertiary/aromatic N) is 3. The molecule has 4 aliphatic rings. The van der Waals surface area contributed by atoms with Crippen LogP contribution in [0, 0.1) is 11.8 Å². The van der Waals surface area contributed by atoms with Crippen LogP contribution in [0.3, 0.4) is 0 Å². The lowest BCUT2D eigenvalue weighted by molar-refractivity contribution is -0.0562. The number of aliphatic hydroxyl groups excluding tert-OH is 2. The van der Waals surface area contributed by atoms with Crippen LogP contribution < -0.4 is 9.64 Å². The largest absolute Gasteiger partial charge is 0.497 e. The van der Waals surface area contributed by atoms with Gasteiger partial charge in [-0.05, 0) is 73.9 Å². The molecule has 5 atom stereocenters. The molecular formula is C25H35N3O3. The number of methoxy groups -OCH3 is 1. The molecule has 6 nitrogen and oxygen atoms in total. The molecule has 0 amide bonds. The van der Waals surface area contributed by atoms with Crippen LogP contribution in [0.2, 0.25) is 0 Å². The molecule has 0 aliphatic carbocycles. The topological polar surface area (TPSA) is 69.1 Å². The first-order chi connectivity index (χ1) is 15.1. The van der Waals surface area contributed by atoms with Gasteiger partial charge in [-0.15, -0.1) is 0 Å². The molecule has 168 valence electrons. The standard InChI is InChI=1S/C25H35N3O3/c1-3-16-15-28-9-6-17(16)12-23(28)25(30)21-14-24(27-10-7-18(29)8-11-27)26-22-5-4-19(31-2)13-20(21)22/h4-5,13-14,16-18,23,25,29-30H,3,6-12,15H2,1-2H3/t16-,17+,23-,25+/m0/s1. The van der Waals surface area contributed by atoms with Crippen molar-refractivity contribution < 1.29 is 14.9 Å². The maximum atomic E-state index is 11.7. The van der Waals surface area contributed by atoms with Crippen LogP contribution in [0.15, 0.2) is 24.3 Å². The fraction of sp³-hybridized carbons (Fsp3) is 0.640. The van der Waals surface area contributed by atoms with Crippen LogP contribution in [0.5, 0.6) is 5.75 Å². The molecule has 2 bridgehead atoms. The van der Waals surface area contributed by atoms with E-state index in [2.05, 4.69) is 22.8 Å². The van der Waals surface area contributed by atoms with Crippen LogP contribution >= 0.6 is 0 Å². The molecule has 31 heavy (non-hydrogen) atoms. The zero-order valence-electron chi connectivity index (χ0n) is 18.7. The predicted octanol–water partition coefficient (Wildman–Crippen LogP) is 3.36. The van der Waals surface area contributed by atoms with Crippen molar-refractivity contribution in [2.75, 3.05) is 38.2 Å². The number of pyridine rings is 1. The van der Waals surface area contributed by atoms with Crippen molar-refractivity contribution in [3.8, 4) is 5.75 Å². The molecule has 2 aromatic rings. The van der Waals surface area contributed by atoms with Crippen molar-refractivity contribution in [3.63, 3.8) is 0 Å². The highest BCUT2D eigenvalue weighted by atomic mass is 16.5. The number of hydrogen-bond donors (Lipinski definition) is 2. The summed E-state index contributed by atoms with van der Waals surface area (Å²) >= 11 is 0. The maximum Gasteiger partial charge on any atom is 0.129 e. The van der Waals surface area contributed by atoms with Gasteiger partial charge < -0.3 is 19.8 Å². The van der Waals surface area contributed by atoms with Crippen molar-refractivity contribution in [1.82, 2.24) is 9.88 Å². The van der Waals surface area contributed by atoms with E-state index in [1.165, 1.54) is 12.8 Å². The van der Waals surface area contributed by atoms with E-state index in [1.54, 1.807) is 7.11 Å². The molecule has 6 heteroatoms. The highest BCUT2D eigenvalue weighted by molar-refractivity contribution is 5.86. The Balaban J connectivity index is 1.52. The molecule has 1 aromatic carbocycles. The molecule has 1 unspecified atom stereocenters. The monoisotopic (exact) mass is 425 g/mol. The average molecular weight is 426 g/mol. The number of ether oxygens (including phenoxy) is 1. The lowest BCUT2D eigenvalue weighted by Gasteiger charge is -2.51. The van der Waals surface area contributed by atoms with E-state index in [0.29, 0.717) is 0 Å². The molecule has 6 rings (SSSR count). The Labute approximate surface area is 184 Å². The van der Waals surface area contributed by atoms with Crippen molar-refractivity contribution >= 4 is 16.7 Å². The minimum atomic E-state index is -0.549. The molecule has 4 fully saturated rings. The van der Waals surface area contributed by atoms with Crippen molar-refractivity contribution in [1.29, 1.82) is 0 Å². The second-order valence-electron chi connectivity index (χ2n) is 9.63. The summed E-state index contributed by atoms with van der Waals surface area (Å²) in [6, 6.07) is 8.19. The van der Waals surface area contributed by atoms with E-state index in [4.69, 9.17) is 9.72 Å².